The van der Waals surface area contributed by atoms with Gasteiger partial charge in [0.25, 0.3) is 0 Å². The molecule has 6 heteroatoms. The van der Waals surface area contributed by atoms with Crippen LogP contribution >= 0.6 is 23.2 Å². The summed E-state index contributed by atoms with van der Waals surface area (Å²) in [4.78, 5) is 23.2. The van der Waals surface area contributed by atoms with Gasteiger partial charge in [0.15, 0.2) is 5.78 Å². The van der Waals surface area contributed by atoms with E-state index in [1.54, 1.807) is 42.5 Å². The monoisotopic (exact) mass is 336 g/mol. The number of halogens is 2. The zero-order valence-electron chi connectivity index (χ0n) is 11.8. The lowest BCUT2D eigenvalue weighted by Crippen LogP contribution is -2.21. The molecule has 22 heavy (non-hydrogen) atoms. The van der Waals surface area contributed by atoms with E-state index in [0.717, 1.165) is 0 Å². The topological polar surface area (TPSA) is 58.2 Å². The zero-order valence-corrected chi connectivity index (χ0v) is 13.3. The summed E-state index contributed by atoms with van der Waals surface area (Å²) in [6.07, 6.45) is 0. The van der Waals surface area contributed by atoms with Gasteiger partial charge >= 0.3 is 0 Å². The van der Waals surface area contributed by atoms with E-state index < -0.39 is 0 Å². The molecule has 114 valence electrons. The fraction of sp³-hybridized carbons (Fsp3) is 0.125. The molecule has 0 heterocycles. The van der Waals surface area contributed by atoms with Gasteiger partial charge in [-0.25, -0.2) is 0 Å². The Morgan fingerprint density at radius 3 is 2.32 bits per heavy atom. The summed E-state index contributed by atoms with van der Waals surface area (Å²) in [5.74, 6) is -0.270. The van der Waals surface area contributed by atoms with Crippen LogP contribution < -0.4 is 10.6 Å². The molecule has 0 aromatic heterocycles. The lowest BCUT2D eigenvalue weighted by molar-refractivity contribution is -0.114. The molecule has 1 amide bonds. The Balaban J connectivity index is 1.95. The second kappa shape index (κ2) is 7.29. The molecule has 0 fully saturated rings. The van der Waals surface area contributed by atoms with Crippen molar-refractivity contribution < 1.29 is 9.59 Å². The number of carbonyl (C=O) groups excluding carboxylic acids is 2. The van der Waals surface area contributed by atoms with Gasteiger partial charge in [0, 0.05) is 27.0 Å². The van der Waals surface area contributed by atoms with Gasteiger partial charge in [0.2, 0.25) is 5.91 Å². The van der Waals surface area contributed by atoms with Crippen molar-refractivity contribution in [2.24, 2.45) is 0 Å². The number of hydrogen-bond donors (Lipinski definition) is 2. The van der Waals surface area contributed by atoms with Gasteiger partial charge in [-0.3, -0.25) is 9.59 Å². The molecule has 0 bridgehead atoms. The quantitative estimate of drug-likeness (QED) is 0.802. The van der Waals surface area contributed by atoms with Crippen molar-refractivity contribution in [2.75, 3.05) is 17.2 Å². The van der Waals surface area contributed by atoms with E-state index in [1.165, 1.54) is 6.92 Å². The maximum atomic E-state index is 11.9. The Kier molecular flexibility index (Phi) is 5.41. The van der Waals surface area contributed by atoms with Crippen LogP contribution in [-0.2, 0) is 4.79 Å². The summed E-state index contributed by atoms with van der Waals surface area (Å²) < 4.78 is 0. The summed E-state index contributed by atoms with van der Waals surface area (Å²) in [6, 6.07) is 11.8. The van der Waals surface area contributed by atoms with Crippen molar-refractivity contribution >= 4 is 46.3 Å². The molecule has 2 N–H and O–H groups in total. The number of benzene rings is 2. The largest absolute Gasteiger partial charge is 0.376 e. The van der Waals surface area contributed by atoms with Crippen LogP contribution in [0.15, 0.2) is 42.5 Å². The normalized spacial score (nSPS) is 10.1. The lowest BCUT2D eigenvalue weighted by Gasteiger charge is -2.09. The number of hydrogen-bond acceptors (Lipinski definition) is 3. The Morgan fingerprint density at radius 2 is 1.68 bits per heavy atom. The molecule has 2 aromatic rings. The average Bonchev–Trinajstić information content (AvgIpc) is 2.44. The number of ketones is 1. The molecule has 4 nitrogen and oxygen atoms in total. The van der Waals surface area contributed by atoms with Crippen LogP contribution in [0.5, 0.6) is 0 Å². The molecule has 0 spiro atoms. The van der Waals surface area contributed by atoms with Gasteiger partial charge in [-0.15, -0.1) is 0 Å². The maximum Gasteiger partial charge on any atom is 0.243 e. The smallest absolute Gasteiger partial charge is 0.243 e. The van der Waals surface area contributed by atoms with Gasteiger partial charge in [-0.05, 0) is 37.3 Å². The third-order valence-electron chi connectivity index (χ3n) is 2.87. The van der Waals surface area contributed by atoms with Crippen LogP contribution in [-0.4, -0.2) is 18.2 Å². The van der Waals surface area contributed by atoms with Crippen molar-refractivity contribution in [3.05, 3.63) is 58.1 Å². The van der Waals surface area contributed by atoms with E-state index in [9.17, 15) is 9.59 Å². The highest BCUT2D eigenvalue weighted by Crippen LogP contribution is 2.22. The van der Waals surface area contributed by atoms with Gasteiger partial charge in [-0.1, -0.05) is 35.3 Å². The van der Waals surface area contributed by atoms with Crippen LogP contribution in [0.3, 0.4) is 0 Å². The van der Waals surface area contributed by atoms with E-state index in [1.807, 2.05) is 0 Å². The van der Waals surface area contributed by atoms with E-state index in [4.69, 9.17) is 23.2 Å². The zero-order chi connectivity index (χ0) is 16.1. The third-order valence-corrected chi connectivity index (χ3v) is 3.30. The maximum absolute atomic E-state index is 11.9. The van der Waals surface area contributed by atoms with Gasteiger partial charge in [0.05, 0.1) is 6.54 Å². The first-order chi connectivity index (χ1) is 10.4. The first-order valence-electron chi connectivity index (χ1n) is 6.55. The highest BCUT2D eigenvalue weighted by molar-refractivity contribution is 6.35. The van der Waals surface area contributed by atoms with Crippen LogP contribution in [0, 0.1) is 0 Å². The highest BCUT2D eigenvalue weighted by Gasteiger charge is 2.05. The summed E-state index contributed by atoms with van der Waals surface area (Å²) >= 11 is 11.7. The van der Waals surface area contributed by atoms with E-state index in [-0.39, 0.29) is 18.2 Å². The molecule has 0 saturated heterocycles. The van der Waals surface area contributed by atoms with Crippen LogP contribution in [0.4, 0.5) is 11.4 Å². The molecule has 0 aliphatic carbocycles. The van der Waals surface area contributed by atoms with E-state index >= 15 is 0 Å². The number of nitrogens with one attached hydrogen (secondary N) is 2. The summed E-state index contributed by atoms with van der Waals surface area (Å²) in [7, 11) is 0. The van der Waals surface area contributed by atoms with Crippen molar-refractivity contribution in [3.63, 3.8) is 0 Å². The molecule has 0 atom stereocenters. The summed E-state index contributed by atoms with van der Waals surface area (Å²) in [6.45, 7) is 1.56. The van der Waals surface area contributed by atoms with Crippen LogP contribution in [0.1, 0.15) is 17.3 Å². The molecule has 0 aliphatic rings. The summed E-state index contributed by atoms with van der Waals surface area (Å²) in [5.41, 5.74) is 1.82. The second-order valence-electron chi connectivity index (χ2n) is 4.70. The van der Waals surface area contributed by atoms with Gasteiger partial charge < -0.3 is 10.6 Å². The predicted octanol–water partition coefficient (Wildman–Crippen LogP) is 4.25. The highest BCUT2D eigenvalue weighted by atomic mass is 35.5. The molecule has 0 unspecified atom stereocenters. The number of carbonyl (C=O) groups is 2. The molecule has 2 aromatic carbocycles. The number of Topliss-reactive ketones (excluding diaryl/α,β-unsaturated/α-hetero) is 1. The van der Waals surface area contributed by atoms with E-state index in [0.29, 0.717) is 27.0 Å². The molecule has 0 radical (unpaired) electrons. The molecule has 0 aliphatic heterocycles. The van der Waals surface area contributed by atoms with Gasteiger partial charge in [-0.2, -0.15) is 0 Å². The second-order valence-corrected chi connectivity index (χ2v) is 5.57. The fourth-order valence-corrected chi connectivity index (χ4v) is 2.39. The minimum atomic E-state index is -0.244. The molecule has 0 saturated carbocycles. The standard InChI is InChI=1S/C16H14Cl2N2O2/c1-10(21)11-3-2-4-14(5-11)19-9-16(22)20-15-7-12(17)6-13(18)8-15/h2-8,19H,9H2,1H3,(H,20,22). The number of rotatable bonds is 5. The Bertz CT molecular complexity index is 697. The van der Waals surface area contributed by atoms with Crippen LogP contribution in [0.25, 0.3) is 0 Å². The molecular formula is C16H14Cl2N2O2. The molecule has 2 rings (SSSR count). The van der Waals surface area contributed by atoms with Gasteiger partial charge in [0.1, 0.15) is 0 Å². The first-order valence-corrected chi connectivity index (χ1v) is 7.30. The fourth-order valence-electron chi connectivity index (χ4n) is 1.86. The third kappa shape index (κ3) is 4.76. The van der Waals surface area contributed by atoms with Crippen molar-refractivity contribution in [1.29, 1.82) is 0 Å². The number of amides is 1. The number of anilines is 2. The molecular weight excluding hydrogens is 323 g/mol. The van der Waals surface area contributed by atoms with Crippen molar-refractivity contribution in [3.8, 4) is 0 Å². The lowest BCUT2D eigenvalue weighted by atomic mass is 10.1. The minimum Gasteiger partial charge on any atom is -0.376 e. The SMILES string of the molecule is CC(=O)c1cccc(NCC(=O)Nc2cc(Cl)cc(Cl)c2)c1. The van der Waals surface area contributed by atoms with Crippen molar-refractivity contribution in [2.45, 2.75) is 6.92 Å². The van der Waals surface area contributed by atoms with Crippen LogP contribution in [0.2, 0.25) is 10.0 Å². The average molecular weight is 337 g/mol. The Labute approximate surface area is 138 Å². The predicted molar refractivity (Wildman–Crippen MR) is 90.0 cm³/mol. The van der Waals surface area contributed by atoms with Crippen molar-refractivity contribution in [1.82, 2.24) is 0 Å². The summed E-state index contributed by atoms with van der Waals surface area (Å²) in [5, 5.41) is 6.55. The Hall–Kier alpha value is -2.04. The minimum absolute atomic E-state index is 0.0262. The Morgan fingerprint density at radius 1 is 1.00 bits per heavy atom. The first kappa shape index (κ1) is 16.3. The van der Waals surface area contributed by atoms with E-state index in [2.05, 4.69) is 10.6 Å².